The number of anilines is 1. The number of rotatable bonds is 3. The minimum atomic E-state index is -0.997. The van der Waals surface area contributed by atoms with Crippen molar-refractivity contribution in [3.63, 3.8) is 0 Å². The fourth-order valence-corrected chi connectivity index (χ4v) is 1.18. The highest BCUT2D eigenvalue weighted by Crippen LogP contribution is 2.12. The van der Waals surface area contributed by atoms with Gasteiger partial charge in [-0.1, -0.05) is 13.3 Å². The standard InChI is InChI=1S/C9H12N2O2/c1-2-3-6-4-7(10)5-11-8(6)9(12)13/h4-5H,2-3,10H2,1H3,(H,12,13). The number of nitrogen functional groups attached to an aromatic ring is 1. The summed E-state index contributed by atoms with van der Waals surface area (Å²) in [5, 5.41) is 8.78. The summed E-state index contributed by atoms with van der Waals surface area (Å²) < 4.78 is 0. The van der Waals surface area contributed by atoms with Crippen molar-refractivity contribution in [2.75, 3.05) is 5.73 Å². The summed E-state index contributed by atoms with van der Waals surface area (Å²) in [5.74, 6) is -0.997. The third-order valence-corrected chi connectivity index (χ3v) is 1.71. The van der Waals surface area contributed by atoms with Gasteiger partial charge in [0, 0.05) is 0 Å². The van der Waals surface area contributed by atoms with Gasteiger partial charge in [0.1, 0.15) is 0 Å². The Kier molecular flexibility index (Phi) is 2.84. The summed E-state index contributed by atoms with van der Waals surface area (Å²) >= 11 is 0. The van der Waals surface area contributed by atoms with Gasteiger partial charge >= 0.3 is 5.97 Å². The molecule has 0 bridgehead atoms. The second-order valence-electron chi connectivity index (χ2n) is 2.83. The van der Waals surface area contributed by atoms with Crippen molar-refractivity contribution in [3.8, 4) is 0 Å². The molecule has 13 heavy (non-hydrogen) atoms. The molecule has 1 rings (SSSR count). The van der Waals surface area contributed by atoms with Gasteiger partial charge < -0.3 is 10.8 Å². The Morgan fingerprint density at radius 2 is 2.38 bits per heavy atom. The van der Waals surface area contributed by atoms with E-state index < -0.39 is 5.97 Å². The number of carbonyl (C=O) groups is 1. The van der Waals surface area contributed by atoms with E-state index in [4.69, 9.17) is 10.8 Å². The second-order valence-corrected chi connectivity index (χ2v) is 2.83. The van der Waals surface area contributed by atoms with Gasteiger partial charge in [0.05, 0.1) is 11.9 Å². The molecule has 0 fully saturated rings. The zero-order chi connectivity index (χ0) is 9.84. The molecule has 0 atom stereocenters. The molecule has 0 unspecified atom stereocenters. The van der Waals surface area contributed by atoms with E-state index in [1.807, 2.05) is 6.92 Å². The van der Waals surface area contributed by atoms with Crippen LogP contribution in [-0.2, 0) is 6.42 Å². The summed E-state index contributed by atoms with van der Waals surface area (Å²) in [6.45, 7) is 1.98. The van der Waals surface area contributed by atoms with E-state index in [9.17, 15) is 4.79 Å². The maximum atomic E-state index is 10.7. The first-order valence-electron chi connectivity index (χ1n) is 4.12. The lowest BCUT2D eigenvalue weighted by Crippen LogP contribution is -2.06. The minimum absolute atomic E-state index is 0.107. The number of aryl methyl sites for hydroxylation is 1. The van der Waals surface area contributed by atoms with E-state index in [-0.39, 0.29) is 5.69 Å². The third-order valence-electron chi connectivity index (χ3n) is 1.71. The first-order valence-corrected chi connectivity index (χ1v) is 4.12. The minimum Gasteiger partial charge on any atom is -0.477 e. The Morgan fingerprint density at radius 1 is 1.69 bits per heavy atom. The first kappa shape index (κ1) is 9.51. The van der Waals surface area contributed by atoms with Crippen LogP contribution in [0.2, 0.25) is 0 Å². The summed E-state index contributed by atoms with van der Waals surface area (Å²) in [5.41, 5.74) is 6.82. The Hall–Kier alpha value is -1.58. The quantitative estimate of drug-likeness (QED) is 0.735. The Bertz CT molecular complexity index is 323. The number of nitrogens with zero attached hydrogens (tertiary/aromatic N) is 1. The highest BCUT2D eigenvalue weighted by molar-refractivity contribution is 5.87. The van der Waals surface area contributed by atoms with Crippen molar-refractivity contribution in [1.29, 1.82) is 0 Å². The fourth-order valence-electron chi connectivity index (χ4n) is 1.18. The van der Waals surface area contributed by atoms with Crippen molar-refractivity contribution in [2.24, 2.45) is 0 Å². The average molecular weight is 180 g/mol. The number of aromatic carboxylic acids is 1. The van der Waals surface area contributed by atoms with E-state index >= 15 is 0 Å². The molecule has 3 N–H and O–H groups in total. The largest absolute Gasteiger partial charge is 0.477 e. The molecule has 1 aromatic rings. The van der Waals surface area contributed by atoms with Gasteiger partial charge in [0.25, 0.3) is 0 Å². The van der Waals surface area contributed by atoms with Crippen molar-refractivity contribution < 1.29 is 9.90 Å². The first-order chi connectivity index (χ1) is 6.15. The van der Waals surface area contributed by atoms with E-state index in [1.165, 1.54) is 6.20 Å². The van der Waals surface area contributed by atoms with Crippen LogP contribution in [0.25, 0.3) is 0 Å². The van der Waals surface area contributed by atoms with Crippen LogP contribution >= 0.6 is 0 Å². The van der Waals surface area contributed by atoms with Crippen LogP contribution in [-0.4, -0.2) is 16.1 Å². The molecule has 1 heterocycles. The zero-order valence-corrected chi connectivity index (χ0v) is 7.45. The maximum absolute atomic E-state index is 10.7. The summed E-state index contributed by atoms with van der Waals surface area (Å²) in [7, 11) is 0. The molecule has 0 saturated heterocycles. The van der Waals surface area contributed by atoms with E-state index in [0.717, 1.165) is 6.42 Å². The third kappa shape index (κ3) is 2.18. The lowest BCUT2D eigenvalue weighted by Gasteiger charge is -2.03. The molecular weight excluding hydrogens is 168 g/mol. The van der Waals surface area contributed by atoms with Crippen LogP contribution in [0.5, 0.6) is 0 Å². The number of aromatic nitrogens is 1. The Balaban J connectivity index is 3.10. The van der Waals surface area contributed by atoms with Gasteiger partial charge in [-0.15, -0.1) is 0 Å². The predicted molar refractivity (Wildman–Crippen MR) is 49.6 cm³/mol. The average Bonchev–Trinajstić information content (AvgIpc) is 2.04. The Morgan fingerprint density at radius 3 is 2.92 bits per heavy atom. The summed E-state index contributed by atoms with van der Waals surface area (Å²) in [4.78, 5) is 14.5. The predicted octanol–water partition coefficient (Wildman–Crippen LogP) is 1.31. The molecule has 0 amide bonds. The van der Waals surface area contributed by atoms with Gasteiger partial charge in [0.2, 0.25) is 0 Å². The molecule has 1 aromatic heterocycles. The maximum Gasteiger partial charge on any atom is 0.354 e. The van der Waals surface area contributed by atoms with Gasteiger partial charge in [-0.25, -0.2) is 9.78 Å². The lowest BCUT2D eigenvalue weighted by atomic mass is 10.1. The van der Waals surface area contributed by atoms with Gasteiger partial charge in [0.15, 0.2) is 5.69 Å². The molecule has 0 aliphatic carbocycles. The number of nitrogens with two attached hydrogens (primary N) is 1. The monoisotopic (exact) mass is 180 g/mol. The highest BCUT2D eigenvalue weighted by Gasteiger charge is 2.10. The zero-order valence-electron chi connectivity index (χ0n) is 7.45. The van der Waals surface area contributed by atoms with E-state index in [0.29, 0.717) is 17.7 Å². The normalized spacial score (nSPS) is 9.92. The highest BCUT2D eigenvalue weighted by atomic mass is 16.4. The molecule has 70 valence electrons. The molecular formula is C9H12N2O2. The van der Waals surface area contributed by atoms with Crippen LogP contribution in [0, 0.1) is 0 Å². The van der Waals surface area contributed by atoms with E-state index in [2.05, 4.69) is 4.98 Å². The van der Waals surface area contributed by atoms with E-state index in [1.54, 1.807) is 6.07 Å². The topological polar surface area (TPSA) is 76.2 Å². The van der Waals surface area contributed by atoms with Crippen LogP contribution in [0.3, 0.4) is 0 Å². The van der Waals surface area contributed by atoms with Crippen molar-refractivity contribution in [3.05, 3.63) is 23.5 Å². The number of carboxylic acid groups (broad SMARTS) is 1. The van der Waals surface area contributed by atoms with Gasteiger partial charge in [-0.2, -0.15) is 0 Å². The number of hydrogen-bond acceptors (Lipinski definition) is 3. The fraction of sp³-hybridized carbons (Fsp3) is 0.333. The second kappa shape index (κ2) is 3.89. The summed E-state index contributed by atoms with van der Waals surface area (Å²) in [6, 6.07) is 1.67. The van der Waals surface area contributed by atoms with Crippen LogP contribution in [0.1, 0.15) is 29.4 Å². The molecule has 0 aromatic carbocycles. The van der Waals surface area contributed by atoms with Crippen molar-refractivity contribution in [1.82, 2.24) is 4.98 Å². The molecule has 0 radical (unpaired) electrons. The number of hydrogen-bond donors (Lipinski definition) is 2. The van der Waals surface area contributed by atoms with Crippen LogP contribution in [0.4, 0.5) is 5.69 Å². The molecule has 0 spiro atoms. The summed E-state index contributed by atoms with van der Waals surface area (Å²) in [6.07, 6.45) is 2.94. The number of pyridine rings is 1. The lowest BCUT2D eigenvalue weighted by molar-refractivity contribution is 0.0689. The molecule has 4 heteroatoms. The van der Waals surface area contributed by atoms with Crippen molar-refractivity contribution in [2.45, 2.75) is 19.8 Å². The molecule has 4 nitrogen and oxygen atoms in total. The number of carboxylic acids is 1. The van der Waals surface area contributed by atoms with Crippen LogP contribution < -0.4 is 5.73 Å². The Labute approximate surface area is 76.4 Å². The smallest absolute Gasteiger partial charge is 0.354 e. The molecule has 0 aliphatic rings. The molecule has 0 saturated carbocycles. The van der Waals surface area contributed by atoms with Gasteiger partial charge in [-0.05, 0) is 18.1 Å². The SMILES string of the molecule is CCCc1cc(N)cnc1C(=O)O. The van der Waals surface area contributed by atoms with Gasteiger partial charge in [-0.3, -0.25) is 0 Å². The van der Waals surface area contributed by atoms with Crippen LogP contribution in [0.15, 0.2) is 12.3 Å². The molecule has 0 aliphatic heterocycles. The van der Waals surface area contributed by atoms with Crippen molar-refractivity contribution >= 4 is 11.7 Å².